The van der Waals surface area contributed by atoms with E-state index < -0.39 is 6.10 Å². The molecular formula is C12H17NO3. The number of nitrogens with one attached hydrogen (secondary N) is 1. The Balaban J connectivity index is 2.89. The van der Waals surface area contributed by atoms with Gasteiger partial charge in [-0.05, 0) is 19.9 Å². The smallest absolute Gasteiger partial charge is 0.215 e. The van der Waals surface area contributed by atoms with Gasteiger partial charge in [-0.2, -0.15) is 0 Å². The van der Waals surface area contributed by atoms with Gasteiger partial charge in [0.25, 0.3) is 0 Å². The van der Waals surface area contributed by atoms with Crippen molar-refractivity contribution in [3.05, 3.63) is 29.8 Å². The predicted molar refractivity (Wildman–Crippen MR) is 61.9 cm³/mol. The number of hydrogen-bond acceptors (Lipinski definition) is 4. The van der Waals surface area contributed by atoms with Crippen LogP contribution in [-0.2, 0) is 4.74 Å². The molecular weight excluding hydrogens is 206 g/mol. The summed E-state index contributed by atoms with van der Waals surface area (Å²) in [4.78, 5) is 0. The van der Waals surface area contributed by atoms with Crippen LogP contribution < -0.4 is 4.74 Å². The van der Waals surface area contributed by atoms with E-state index in [1.165, 1.54) is 0 Å². The van der Waals surface area contributed by atoms with Gasteiger partial charge in [-0.3, -0.25) is 5.41 Å². The number of aliphatic hydroxyl groups excluding tert-OH is 1. The van der Waals surface area contributed by atoms with Gasteiger partial charge in [0.15, 0.2) is 6.10 Å². The first-order valence-electron chi connectivity index (χ1n) is 5.31. The van der Waals surface area contributed by atoms with Gasteiger partial charge in [-0.15, -0.1) is 0 Å². The van der Waals surface area contributed by atoms with E-state index in [2.05, 4.69) is 0 Å². The standard InChI is InChI=1S/C12H17NO3/c1-3-15-10-8-6-5-7-9(10)11(14)12(13)16-4-2/h5-8,11,13-14H,3-4H2,1-2H3. The van der Waals surface area contributed by atoms with Gasteiger partial charge in [0, 0.05) is 5.56 Å². The third kappa shape index (κ3) is 2.97. The van der Waals surface area contributed by atoms with Crippen molar-refractivity contribution < 1.29 is 14.6 Å². The Morgan fingerprint density at radius 2 is 2.00 bits per heavy atom. The molecule has 1 unspecified atom stereocenters. The lowest BCUT2D eigenvalue weighted by atomic mass is 10.1. The van der Waals surface area contributed by atoms with Gasteiger partial charge < -0.3 is 14.6 Å². The molecule has 1 aromatic carbocycles. The van der Waals surface area contributed by atoms with Crippen molar-refractivity contribution in [3.63, 3.8) is 0 Å². The van der Waals surface area contributed by atoms with Gasteiger partial charge >= 0.3 is 0 Å². The molecule has 1 rings (SSSR count). The highest BCUT2D eigenvalue weighted by molar-refractivity contribution is 5.79. The van der Waals surface area contributed by atoms with Gasteiger partial charge in [0.1, 0.15) is 5.75 Å². The van der Waals surface area contributed by atoms with E-state index in [1.807, 2.05) is 13.0 Å². The lowest BCUT2D eigenvalue weighted by Gasteiger charge is -2.16. The third-order valence-corrected chi connectivity index (χ3v) is 2.06. The number of rotatable bonds is 5. The van der Waals surface area contributed by atoms with Crippen LogP contribution >= 0.6 is 0 Å². The quantitative estimate of drug-likeness (QED) is 0.593. The second kappa shape index (κ2) is 6.12. The first-order chi connectivity index (χ1) is 7.70. The third-order valence-electron chi connectivity index (χ3n) is 2.06. The summed E-state index contributed by atoms with van der Waals surface area (Å²) in [5.74, 6) is 0.427. The van der Waals surface area contributed by atoms with Crippen LogP contribution in [0, 0.1) is 5.41 Å². The van der Waals surface area contributed by atoms with E-state index in [9.17, 15) is 5.11 Å². The molecule has 0 aliphatic carbocycles. The number of aliphatic hydroxyl groups is 1. The average molecular weight is 223 g/mol. The van der Waals surface area contributed by atoms with E-state index in [0.29, 0.717) is 24.5 Å². The molecule has 1 aromatic rings. The van der Waals surface area contributed by atoms with Crippen LogP contribution in [0.15, 0.2) is 24.3 Å². The van der Waals surface area contributed by atoms with Crippen LogP contribution in [0.1, 0.15) is 25.5 Å². The molecule has 0 spiro atoms. The number of para-hydroxylation sites is 1. The molecule has 0 saturated heterocycles. The maximum atomic E-state index is 9.90. The lowest BCUT2D eigenvalue weighted by Crippen LogP contribution is -2.15. The van der Waals surface area contributed by atoms with E-state index >= 15 is 0 Å². The minimum Gasteiger partial charge on any atom is -0.493 e. The topological polar surface area (TPSA) is 62.5 Å². The fourth-order valence-electron chi connectivity index (χ4n) is 1.37. The first-order valence-corrected chi connectivity index (χ1v) is 5.31. The zero-order valence-electron chi connectivity index (χ0n) is 9.56. The van der Waals surface area contributed by atoms with Gasteiger partial charge in [-0.1, -0.05) is 18.2 Å². The summed E-state index contributed by atoms with van der Waals surface area (Å²) < 4.78 is 10.3. The molecule has 0 aromatic heterocycles. The highest BCUT2D eigenvalue weighted by Crippen LogP contribution is 2.25. The van der Waals surface area contributed by atoms with Crippen molar-refractivity contribution in [2.24, 2.45) is 0 Å². The van der Waals surface area contributed by atoms with Crippen molar-refractivity contribution in [2.75, 3.05) is 13.2 Å². The van der Waals surface area contributed by atoms with Gasteiger partial charge in [0.2, 0.25) is 5.90 Å². The Morgan fingerprint density at radius 1 is 1.31 bits per heavy atom. The molecule has 2 N–H and O–H groups in total. The van der Waals surface area contributed by atoms with E-state index in [-0.39, 0.29) is 5.90 Å². The molecule has 0 aliphatic rings. The summed E-state index contributed by atoms with van der Waals surface area (Å²) in [5.41, 5.74) is 0.558. The second-order valence-electron chi connectivity index (χ2n) is 3.17. The molecule has 4 heteroatoms. The van der Waals surface area contributed by atoms with Crippen LogP contribution in [0.3, 0.4) is 0 Å². The zero-order chi connectivity index (χ0) is 12.0. The van der Waals surface area contributed by atoms with Crippen LogP contribution in [0.5, 0.6) is 5.75 Å². The van der Waals surface area contributed by atoms with Crippen molar-refractivity contribution in [1.29, 1.82) is 5.41 Å². The Hall–Kier alpha value is -1.55. The summed E-state index contributed by atoms with van der Waals surface area (Å²) in [6, 6.07) is 7.11. The molecule has 0 bridgehead atoms. The first kappa shape index (κ1) is 12.5. The highest BCUT2D eigenvalue weighted by atomic mass is 16.5. The summed E-state index contributed by atoms with van der Waals surface area (Å²) in [6.45, 7) is 4.53. The summed E-state index contributed by atoms with van der Waals surface area (Å²) >= 11 is 0. The van der Waals surface area contributed by atoms with Crippen molar-refractivity contribution in [2.45, 2.75) is 20.0 Å². The maximum absolute atomic E-state index is 9.90. The zero-order valence-corrected chi connectivity index (χ0v) is 9.56. The average Bonchev–Trinajstić information content (AvgIpc) is 2.29. The normalized spacial score (nSPS) is 11.9. The molecule has 0 amide bonds. The number of ether oxygens (including phenoxy) is 2. The summed E-state index contributed by atoms with van der Waals surface area (Å²) in [5, 5.41) is 17.4. The molecule has 0 heterocycles. The van der Waals surface area contributed by atoms with Crippen LogP contribution in [0.2, 0.25) is 0 Å². The Bertz CT molecular complexity index is 352. The SMILES string of the molecule is CCOC(=N)C(O)c1ccccc1OCC. The molecule has 0 saturated carbocycles. The van der Waals surface area contributed by atoms with Crippen LogP contribution in [0.4, 0.5) is 0 Å². The molecule has 4 nitrogen and oxygen atoms in total. The fraction of sp³-hybridized carbons (Fsp3) is 0.417. The van der Waals surface area contributed by atoms with Crippen molar-refractivity contribution >= 4 is 5.90 Å². The Kier molecular flexibility index (Phi) is 4.79. The number of benzene rings is 1. The Morgan fingerprint density at radius 3 is 2.62 bits per heavy atom. The van der Waals surface area contributed by atoms with Gasteiger partial charge in [-0.25, -0.2) is 0 Å². The second-order valence-corrected chi connectivity index (χ2v) is 3.17. The summed E-state index contributed by atoms with van der Waals surface area (Å²) in [7, 11) is 0. The van der Waals surface area contributed by atoms with E-state index in [4.69, 9.17) is 14.9 Å². The molecule has 1 atom stereocenters. The highest BCUT2D eigenvalue weighted by Gasteiger charge is 2.18. The number of hydrogen-bond donors (Lipinski definition) is 2. The van der Waals surface area contributed by atoms with Gasteiger partial charge in [0.05, 0.1) is 13.2 Å². The fourth-order valence-corrected chi connectivity index (χ4v) is 1.37. The van der Waals surface area contributed by atoms with E-state index in [0.717, 1.165) is 0 Å². The van der Waals surface area contributed by atoms with Crippen molar-refractivity contribution in [3.8, 4) is 5.75 Å². The molecule has 0 fully saturated rings. The molecule has 16 heavy (non-hydrogen) atoms. The monoisotopic (exact) mass is 223 g/mol. The summed E-state index contributed by atoms with van der Waals surface area (Å²) in [6.07, 6.45) is -1.07. The lowest BCUT2D eigenvalue weighted by molar-refractivity contribution is 0.185. The Labute approximate surface area is 95.3 Å². The molecule has 88 valence electrons. The minimum absolute atomic E-state index is 0.158. The maximum Gasteiger partial charge on any atom is 0.215 e. The van der Waals surface area contributed by atoms with Crippen LogP contribution in [0.25, 0.3) is 0 Å². The predicted octanol–water partition coefficient (Wildman–Crippen LogP) is 2.13. The largest absolute Gasteiger partial charge is 0.493 e. The molecule has 0 radical (unpaired) electrons. The van der Waals surface area contributed by atoms with Crippen LogP contribution in [-0.4, -0.2) is 24.2 Å². The molecule has 0 aliphatic heterocycles. The minimum atomic E-state index is -1.07. The van der Waals surface area contributed by atoms with Crippen molar-refractivity contribution in [1.82, 2.24) is 0 Å². The van der Waals surface area contributed by atoms with E-state index in [1.54, 1.807) is 25.1 Å².